The standard InChI is InChI=1S/C18H14Cl3F3N3O3P/c1-2-29-31(28,27-15-6-5-12(19)8-13(15)20)9-11-4-3-10(7-14(11)22)16-25-17(30-26-16)18(21,23)24/h3-8H,2,9H2,1H3,(H,27,28). The van der Waals surface area contributed by atoms with Gasteiger partial charge in [-0.1, -0.05) is 40.5 Å². The SMILES string of the molecule is CCOP(=O)(Cc1ccc(-c2noc(C(F)(F)Cl)n2)cc1F)Nc1ccc(Cl)cc1Cl. The van der Waals surface area contributed by atoms with Crippen LogP contribution in [0, 0.1) is 5.82 Å². The van der Waals surface area contributed by atoms with Gasteiger partial charge in [-0.05, 0) is 48.4 Å². The summed E-state index contributed by atoms with van der Waals surface area (Å²) in [5, 5.41) is 2.86. The zero-order chi connectivity index (χ0) is 22.8. The Kier molecular flexibility index (Phi) is 7.23. The third kappa shape index (κ3) is 5.93. The number of nitrogens with one attached hydrogen (secondary N) is 1. The number of halogens is 6. The fourth-order valence-corrected chi connectivity index (χ4v) is 5.10. The largest absolute Gasteiger partial charge is 0.400 e. The van der Waals surface area contributed by atoms with E-state index >= 15 is 0 Å². The topological polar surface area (TPSA) is 77.2 Å². The fraction of sp³-hybridized carbons (Fsp3) is 0.222. The van der Waals surface area contributed by atoms with Crippen LogP contribution < -0.4 is 5.09 Å². The molecule has 3 rings (SSSR count). The quantitative estimate of drug-likeness (QED) is 0.251. The molecule has 6 nitrogen and oxygen atoms in total. The number of hydrogen-bond acceptors (Lipinski definition) is 5. The number of hydrogen-bond donors (Lipinski definition) is 1. The molecule has 0 spiro atoms. The van der Waals surface area contributed by atoms with Crippen molar-refractivity contribution in [2.75, 3.05) is 11.7 Å². The summed E-state index contributed by atoms with van der Waals surface area (Å²) >= 11 is 16.8. The lowest BCUT2D eigenvalue weighted by Gasteiger charge is -2.21. The van der Waals surface area contributed by atoms with Gasteiger partial charge in [-0.15, -0.1) is 0 Å². The van der Waals surface area contributed by atoms with Gasteiger partial charge in [0.1, 0.15) is 5.82 Å². The second-order valence-electron chi connectivity index (χ2n) is 6.21. The Bertz CT molecular complexity index is 1140. The highest BCUT2D eigenvalue weighted by Gasteiger charge is 2.36. The van der Waals surface area contributed by atoms with Crippen molar-refractivity contribution in [1.82, 2.24) is 10.1 Å². The number of nitrogens with zero attached hydrogens (tertiary/aromatic N) is 2. The number of benzene rings is 2. The molecule has 13 heteroatoms. The lowest BCUT2D eigenvalue weighted by Crippen LogP contribution is -2.06. The zero-order valence-corrected chi connectivity index (χ0v) is 18.9. The van der Waals surface area contributed by atoms with Crippen LogP contribution in [-0.4, -0.2) is 16.7 Å². The second-order valence-corrected chi connectivity index (χ2v) is 9.68. The van der Waals surface area contributed by atoms with Gasteiger partial charge in [-0.2, -0.15) is 13.8 Å². The van der Waals surface area contributed by atoms with Crippen molar-refractivity contribution in [1.29, 1.82) is 0 Å². The minimum Gasteiger partial charge on any atom is -0.331 e. The van der Waals surface area contributed by atoms with Gasteiger partial charge < -0.3 is 14.1 Å². The molecule has 3 aromatic rings. The predicted molar refractivity (Wildman–Crippen MR) is 112 cm³/mol. The van der Waals surface area contributed by atoms with Gasteiger partial charge in [0.25, 0.3) is 7.52 Å². The lowest BCUT2D eigenvalue weighted by molar-refractivity contribution is 0.0551. The van der Waals surface area contributed by atoms with Crippen molar-refractivity contribution >= 4 is 48.0 Å². The van der Waals surface area contributed by atoms with E-state index in [0.29, 0.717) is 10.7 Å². The number of alkyl halides is 3. The molecule has 31 heavy (non-hydrogen) atoms. The highest BCUT2D eigenvalue weighted by molar-refractivity contribution is 7.59. The van der Waals surface area contributed by atoms with Crippen LogP contribution in [0.5, 0.6) is 0 Å². The smallest absolute Gasteiger partial charge is 0.331 e. The molecular weight excluding hydrogens is 501 g/mol. The van der Waals surface area contributed by atoms with Crippen molar-refractivity contribution in [3.8, 4) is 11.4 Å². The Morgan fingerprint density at radius 1 is 1.23 bits per heavy atom. The molecular formula is C18H14Cl3F3N3O3P. The maximum Gasteiger partial charge on any atom is 0.400 e. The van der Waals surface area contributed by atoms with Crippen LogP contribution in [-0.2, 0) is 20.6 Å². The molecule has 1 atom stereocenters. The molecule has 1 unspecified atom stereocenters. The van der Waals surface area contributed by atoms with Crippen LogP contribution in [0.3, 0.4) is 0 Å². The van der Waals surface area contributed by atoms with Crippen LogP contribution in [0.25, 0.3) is 11.4 Å². The van der Waals surface area contributed by atoms with Crippen molar-refractivity contribution in [3.05, 3.63) is 63.7 Å². The fourth-order valence-electron chi connectivity index (χ4n) is 2.58. The van der Waals surface area contributed by atoms with Gasteiger partial charge in [-0.25, -0.2) is 4.39 Å². The minimum atomic E-state index is -3.84. The Morgan fingerprint density at radius 3 is 2.55 bits per heavy atom. The molecule has 1 heterocycles. The second kappa shape index (κ2) is 9.38. The molecule has 2 aromatic carbocycles. The van der Waals surface area contributed by atoms with E-state index in [-0.39, 0.29) is 34.7 Å². The summed E-state index contributed by atoms with van der Waals surface area (Å²) in [7, 11) is -3.62. The molecule has 0 bridgehead atoms. The molecule has 0 aliphatic rings. The maximum absolute atomic E-state index is 14.7. The number of aromatic nitrogens is 2. The van der Waals surface area contributed by atoms with Crippen molar-refractivity contribution in [2.24, 2.45) is 0 Å². The van der Waals surface area contributed by atoms with Crippen LogP contribution in [0.2, 0.25) is 10.0 Å². The molecule has 0 saturated carbocycles. The number of anilines is 1. The molecule has 0 radical (unpaired) electrons. The molecule has 0 aliphatic heterocycles. The van der Waals surface area contributed by atoms with E-state index in [9.17, 15) is 17.7 Å². The summed E-state index contributed by atoms with van der Waals surface area (Å²) in [6.07, 6.45) is -0.316. The van der Waals surface area contributed by atoms with E-state index in [1.54, 1.807) is 13.0 Å². The van der Waals surface area contributed by atoms with E-state index in [0.717, 1.165) is 6.07 Å². The minimum absolute atomic E-state index is 0.0458. The van der Waals surface area contributed by atoms with Crippen LogP contribution >= 0.6 is 42.3 Å². The van der Waals surface area contributed by atoms with E-state index in [1.807, 2.05) is 0 Å². The van der Waals surface area contributed by atoms with E-state index < -0.39 is 24.6 Å². The van der Waals surface area contributed by atoms with Crippen molar-refractivity contribution in [2.45, 2.75) is 18.5 Å². The number of rotatable bonds is 8. The van der Waals surface area contributed by atoms with Crippen LogP contribution in [0.1, 0.15) is 18.4 Å². The van der Waals surface area contributed by atoms with Gasteiger partial charge >= 0.3 is 11.3 Å². The Hall–Kier alpha value is -1.77. The first-order valence-electron chi connectivity index (χ1n) is 8.67. The van der Waals surface area contributed by atoms with Crippen molar-refractivity contribution < 1.29 is 26.8 Å². The summed E-state index contributed by atoms with van der Waals surface area (Å²) in [6, 6.07) is 8.21. The summed E-state index contributed by atoms with van der Waals surface area (Å²) in [4.78, 5) is 3.46. The average molecular weight is 515 g/mol. The Morgan fingerprint density at radius 2 is 1.97 bits per heavy atom. The summed E-state index contributed by atoms with van der Waals surface area (Å²) in [5.74, 6) is -2.16. The maximum atomic E-state index is 14.7. The summed E-state index contributed by atoms with van der Waals surface area (Å²) < 4.78 is 63.8. The highest BCUT2D eigenvalue weighted by Crippen LogP contribution is 2.51. The lowest BCUT2D eigenvalue weighted by atomic mass is 10.1. The summed E-state index contributed by atoms with van der Waals surface area (Å²) in [6.45, 7) is 1.73. The summed E-state index contributed by atoms with van der Waals surface area (Å²) in [5.41, 5.74) is 0.419. The zero-order valence-electron chi connectivity index (χ0n) is 15.7. The third-order valence-corrected chi connectivity index (χ3v) is 6.64. The van der Waals surface area contributed by atoms with Gasteiger partial charge in [-0.3, -0.25) is 4.57 Å². The molecule has 1 N–H and O–H groups in total. The Balaban J connectivity index is 1.85. The molecule has 1 aromatic heterocycles. The first-order valence-corrected chi connectivity index (χ1v) is 11.6. The first kappa shape index (κ1) is 23.9. The van der Waals surface area contributed by atoms with Crippen LogP contribution in [0.15, 0.2) is 40.9 Å². The molecule has 0 aliphatic carbocycles. The first-order chi connectivity index (χ1) is 14.5. The van der Waals surface area contributed by atoms with Crippen molar-refractivity contribution in [3.63, 3.8) is 0 Å². The molecule has 0 amide bonds. The monoisotopic (exact) mass is 513 g/mol. The normalized spacial score (nSPS) is 13.8. The third-order valence-electron chi connectivity index (χ3n) is 3.92. The molecule has 0 saturated heterocycles. The Labute approximate surface area is 190 Å². The van der Waals surface area contributed by atoms with Gasteiger partial charge in [0.2, 0.25) is 5.82 Å². The van der Waals surface area contributed by atoms with E-state index in [2.05, 4.69) is 19.8 Å². The van der Waals surface area contributed by atoms with E-state index in [4.69, 9.17) is 39.3 Å². The predicted octanol–water partition coefficient (Wildman–Crippen LogP) is 7.31. The molecule has 0 fully saturated rings. The van der Waals surface area contributed by atoms with E-state index in [1.165, 1.54) is 24.3 Å². The molecule has 166 valence electrons. The highest BCUT2D eigenvalue weighted by atomic mass is 35.5. The average Bonchev–Trinajstić information content (AvgIpc) is 3.17. The van der Waals surface area contributed by atoms with Gasteiger partial charge in [0, 0.05) is 10.6 Å². The van der Waals surface area contributed by atoms with Crippen LogP contribution in [0.4, 0.5) is 18.9 Å². The van der Waals surface area contributed by atoms with Gasteiger partial charge in [0.15, 0.2) is 0 Å². The van der Waals surface area contributed by atoms with Gasteiger partial charge in [0.05, 0.1) is 23.5 Å².